The van der Waals surface area contributed by atoms with Crippen LogP contribution in [0.25, 0.3) is 84.2 Å². The van der Waals surface area contributed by atoms with Crippen molar-refractivity contribution in [1.29, 1.82) is 31.6 Å². The van der Waals surface area contributed by atoms with Crippen molar-refractivity contribution in [2.75, 3.05) is 56.5 Å². The highest BCUT2D eigenvalue weighted by atomic mass is 16.5. The van der Waals surface area contributed by atoms with Crippen LogP contribution < -0.4 is 22.8 Å². The van der Waals surface area contributed by atoms with Crippen LogP contribution in [0.3, 0.4) is 0 Å². The number of nitrogen functional groups attached to an aromatic ring is 3. The number of nitrogens with zero attached hydrogens (tertiary/aromatic N) is 28. The molecule has 0 aromatic carbocycles. The average molecular weight is 1260 g/mol. The Hall–Kier alpha value is -13.4. The van der Waals surface area contributed by atoms with Gasteiger partial charge < -0.3 is 46.6 Å². The summed E-state index contributed by atoms with van der Waals surface area (Å²) < 4.78 is 18.2. The Labute approximate surface area is 529 Å². The highest BCUT2D eigenvalue weighted by molar-refractivity contribution is 5.86. The molecule has 94 heavy (non-hydrogen) atoms. The third-order valence-corrected chi connectivity index (χ3v) is 16.6. The Balaban J connectivity index is 0.000000128. The van der Waals surface area contributed by atoms with Crippen LogP contribution in [0.15, 0.2) is 102 Å². The van der Waals surface area contributed by atoms with Gasteiger partial charge >= 0.3 is 0 Å². The van der Waals surface area contributed by atoms with E-state index in [9.17, 15) is 30.8 Å². The zero-order valence-corrected chi connectivity index (χ0v) is 49.9. The van der Waals surface area contributed by atoms with Crippen LogP contribution in [0.1, 0.15) is 30.7 Å². The number of aromatic amines is 1. The highest BCUT2D eigenvalue weighted by Crippen LogP contribution is 2.40. The first-order valence-electron chi connectivity index (χ1n) is 28.6. The van der Waals surface area contributed by atoms with Gasteiger partial charge in [0.05, 0.1) is 176 Å². The smallest absolute Gasteiger partial charge is 0.273 e. The van der Waals surface area contributed by atoms with Gasteiger partial charge in [-0.05, 0) is 18.2 Å². The number of aryl methyl sites for hydroxylation is 2. The predicted octanol–water partition coefficient (Wildman–Crippen LogP) is 1.48. The van der Waals surface area contributed by atoms with Crippen LogP contribution in [0.5, 0.6) is 0 Å². The number of fused-ring (bicyclic) bond motifs is 3. The van der Waals surface area contributed by atoms with Crippen molar-refractivity contribution in [2.24, 2.45) is 14.1 Å². The molecule has 0 unspecified atom stereocenters. The molecule has 0 amide bonds. The lowest BCUT2D eigenvalue weighted by Crippen LogP contribution is -2.60. The molecule has 0 radical (unpaired) electrons. The van der Waals surface area contributed by atoms with E-state index >= 15 is 0 Å². The van der Waals surface area contributed by atoms with Crippen LogP contribution >= 0.6 is 0 Å². The van der Waals surface area contributed by atoms with E-state index in [2.05, 4.69) is 82.7 Å². The van der Waals surface area contributed by atoms with Gasteiger partial charge in [0.1, 0.15) is 51.7 Å². The summed E-state index contributed by atoms with van der Waals surface area (Å²) >= 11 is 0. The molecule has 3 aliphatic rings. The van der Waals surface area contributed by atoms with Crippen LogP contribution in [0, 0.1) is 68.4 Å². The van der Waals surface area contributed by atoms with Gasteiger partial charge in [-0.25, -0.2) is 28.5 Å². The van der Waals surface area contributed by atoms with Crippen LogP contribution in [0.2, 0.25) is 0 Å². The number of hydrogen-bond donors (Lipinski definition) is 6. The molecule has 12 aromatic heterocycles. The Morgan fingerprint density at radius 3 is 1.29 bits per heavy atom. The Bertz CT molecular complexity index is 5250. The number of aromatic nitrogens is 20. The van der Waals surface area contributed by atoms with Crippen LogP contribution in [-0.2, 0) is 43.9 Å². The molecule has 0 spiro atoms. The summed E-state index contributed by atoms with van der Waals surface area (Å²) in [6.45, 7) is 1.82. The number of anilines is 3. The topological polar surface area (TPSA) is 497 Å². The van der Waals surface area contributed by atoms with Crippen LogP contribution in [-0.4, -0.2) is 162 Å². The number of rotatable bonds is 14. The summed E-state index contributed by atoms with van der Waals surface area (Å²) in [6, 6.07) is 13.6. The lowest BCUT2D eigenvalue weighted by Gasteiger charge is -2.46. The lowest BCUT2D eigenvalue weighted by molar-refractivity contribution is 0.0507. The second kappa shape index (κ2) is 23.2. The third-order valence-electron chi connectivity index (χ3n) is 16.6. The van der Waals surface area contributed by atoms with Crippen LogP contribution in [0.4, 0.5) is 17.5 Å². The molecule has 0 atom stereocenters. The number of nitriles is 6. The molecular weight excluding hydrogens is 1210 g/mol. The minimum absolute atomic E-state index is 0.195. The van der Waals surface area contributed by atoms with E-state index in [1.807, 2.05) is 6.07 Å². The van der Waals surface area contributed by atoms with Gasteiger partial charge in [0, 0.05) is 56.7 Å². The van der Waals surface area contributed by atoms with Gasteiger partial charge in [-0.15, -0.1) is 0 Å². The van der Waals surface area contributed by atoms with Crippen molar-refractivity contribution in [1.82, 2.24) is 113 Å². The first kappa shape index (κ1) is 59.5. The number of aliphatic hydroxyl groups is 2. The molecule has 12 aromatic rings. The molecule has 468 valence electrons. The van der Waals surface area contributed by atoms with Gasteiger partial charge in [-0.1, -0.05) is 5.16 Å². The zero-order chi connectivity index (χ0) is 65.8. The van der Waals surface area contributed by atoms with E-state index in [4.69, 9.17) is 52.5 Å². The number of nitrogens with one attached hydrogen (secondary N) is 1. The first-order valence-corrected chi connectivity index (χ1v) is 28.6. The molecule has 3 saturated heterocycles. The fourth-order valence-corrected chi connectivity index (χ4v) is 11.9. The molecule has 36 heteroatoms. The van der Waals surface area contributed by atoms with Crippen molar-refractivity contribution in [3.63, 3.8) is 0 Å². The van der Waals surface area contributed by atoms with E-state index in [0.29, 0.717) is 129 Å². The Morgan fingerprint density at radius 1 is 0.521 bits per heavy atom. The van der Waals surface area contributed by atoms with Gasteiger partial charge in [-0.3, -0.25) is 33.3 Å². The summed E-state index contributed by atoms with van der Waals surface area (Å²) in [6.07, 6.45) is 25.7. The van der Waals surface area contributed by atoms with Gasteiger partial charge in [-0.2, -0.15) is 67.3 Å². The summed E-state index contributed by atoms with van der Waals surface area (Å²) in [5, 5.41) is 111. The zero-order valence-electron chi connectivity index (χ0n) is 49.9. The number of nitrogens with two attached hydrogens (primary N) is 3. The maximum Gasteiger partial charge on any atom is 0.273 e. The molecule has 15 heterocycles. The molecule has 3 fully saturated rings. The highest BCUT2D eigenvalue weighted by Gasteiger charge is 2.48. The molecule has 0 saturated carbocycles. The van der Waals surface area contributed by atoms with Crippen molar-refractivity contribution < 1.29 is 14.7 Å². The quantitative estimate of drug-likeness (QED) is 0.0840. The normalized spacial score (nSPS) is 14.9. The molecular formula is C58H52N32O4. The average Bonchev–Trinajstić information content (AvgIpc) is 1.29. The second-order valence-electron chi connectivity index (χ2n) is 22.8. The Kier molecular flexibility index (Phi) is 14.7. The third kappa shape index (κ3) is 10.2. The summed E-state index contributed by atoms with van der Waals surface area (Å²) in [7, 11) is 3.49. The largest absolute Gasteiger partial charge is 0.390 e. The molecule has 0 aliphatic carbocycles. The maximum atomic E-state index is 12.3. The van der Waals surface area contributed by atoms with Crippen molar-refractivity contribution >= 4 is 34.0 Å². The molecule has 15 rings (SSSR count). The van der Waals surface area contributed by atoms with Crippen molar-refractivity contribution in [2.45, 2.75) is 49.1 Å². The number of aliphatic hydroxyl groups excluding tert-OH is 2. The number of H-pyrrole nitrogens is 1. The first-order chi connectivity index (χ1) is 45.5. The van der Waals surface area contributed by atoms with Crippen molar-refractivity contribution in [3.05, 3.63) is 114 Å². The summed E-state index contributed by atoms with van der Waals surface area (Å²) in [4.78, 5) is 31.2. The lowest BCUT2D eigenvalue weighted by atomic mass is 9.87. The molecule has 3 aliphatic heterocycles. The van der Waals surface area contributed by atoms with Gasteiger partial charge in [0.2, 0.25) is 0 Å². The Morgan fingerprint density at radius 2 is 0.926 bits per heavy atom. The monoisotopic (exact) mass is 1260 g/mol. The van der Waals surface area contributed by atoms with Crippen molar-refractivity contribution in [3.8, 4) is 104 Å². The van der Waals surface area contributed by atoms with Gasteiger partial charge in [0.25, 0.3) is 5.56 Å². The summed E-state index contributed by atoms with van der Waals surface area (Å²) in [5.74, 6) is 1.06. The minimum atomic E-state index is -0.623. The maximum absolute atomic E-state index is 12.3. The number of hydrogen-bond acceptors (Lipinski definition) is 27. The SMILES string of the molecule is Cn1cc(-c2cn3nccc3c(-c3cn(C4(CC#N)CN(C#N)C4)nc3N)n2)c(=O)[nH]1.Cn1cc(-c2cn3nccc3c(-c3cn(C4(CC#N)CN(C#N)C4)nc3N)n2)c(CO)n1.N#CCC1(n2cc(-c3nc(-c4cc(CO)on4)cn4nccc34)c(N)n2)CN(C#N)C1. The van der Waals surface area contributed by atoms with E-state index in [0.717, 1.165) is 5.52 Å². The van der Waals surface area contributed by atoms with E-state index in [1.54, 1.807) is 152 Å². The predicted molar refractivity (Wildman–Crippen MR) is 327 cm³/mol. The molecule has 0 bridgehead atoms. The number of likely N-dealkylation sites (tertiary alicyclic amines) is 3. The molecule has 9 N–H and O–H groups in total. The van der Waals surface area contributed by atoms with Gasteiger partial charge in [0.15, 0.2) is 41.8 Å². The standard InChI is InChI=1S/C20H19N11O.C19H17N11O.C19H16N10O2/c1-28-6-13(16(9-32)26-28)15-8-30-17(2-5-24-30)18(25-15)14-7-31(27-19(14)23)20(3-4-21)10-29(11-20)12-22;1-27-6-12(18(31)26-27)14-8-29-15(2-5-23-29)16(24-14)13-7-30(25-17(13)22)19(3-4-20)9-28(10-19)11-21;20-3-2-19(9-27(10-19)11-21)29-6-13(18(22)25-29)17-16-1-4-23-28(16)7-15(24-17)14-5-12(8-30)31-26-14/h2,5-8,32H,3,9-11H2,1H3,(H2,23,27);2,5-8H,3,9-10H2,1H3,(H2,22,25)(H,26,31);1,4-7,30H,2,8-10H2,(H2,22,25). The van der Waals surface area contributed by atoms with E-state index < -0.39 is 16.6 Å². The molecule has 36 nitrogen and oxygen atoms in total. The van der Waals surface area contributed by atoms with E-state index in [-0.39, 0.29) is 55.5 Å². The fraction of sp³-hybridized carbons (Fsp3) is 0.276. The fourth-order valence-electron chi connectivity index (χ4n) is 11.9. The summed E-state index contributed by atoms with van der Waals surface area (Å²) in [5.41, 5.74) is 25.7. The second-order valence-corrected chi connectivity index (χ2v) is 22.8. The van der Waals surface area contributed by atoms with E-state index in [1.165, 1.54) is 0 Å². The minimum Gasteiger partial charge on any atom is -0.390 e.